The van der Waals surface area contributed by atoms with E-state index in [1.165, 1.54) is 18.7 Å². The van der Waals surface area contributed by atoms with Crippen molar-refractivity contribution in [3.05, 3.63) is 54.6 Å². The first-order valence-electron chi connectivity index (χ1n) is 7.34. The Labute approximate surface area is 140 Å². The van der Waals surface area contributed by atoms with E-state index in [0.717, 1.165) is 16.3 Å². The van der Waals surface area contributed by atoms with Gasteiger partial charge in [0.2, 0.25) is 11.8 Å². The average molecular weight is 328 g/mol. The lowest BCUT2D eigenvalue weighted by Gasteiger charge is -2.21. The maximum Gasteiger partial charge on any atom is 0.239 e. The molecular weight excluding hydrogens is 308 g/mol. The zero-order valence-electron chi connectivity index (χ0n) is 13.4. The molecule has 0 aromatic heterocycles. The van der Waals surface area contributed by atoms with E-state index in [9.17, 15) is 9.59 Å². The Morgan fingerprint density at radius 3 is 2.22 bits per heavy atom. The molecule has 4 nitrogen and oxygen atoms in total. The standard InChI is InChI=1S/C18H20N2O2S/c1-13(18(22)20(3)16-7-5-4-6-8-16)23-17-11-9-15(10-12-17)19-14(2)21/h4-13H,1-3H3,(H,19,21)/t13-/m1/s1. The number of carbonyl (C=O) groups excluding carboxylic acids is 2. The summed E-state index contributed by atoms with van der Waals surface area (Å²) in [5.41, 5.74) is 1.63. The molecule has 2 rings (SSSR count). The molecular formula is C18H20N2O2S. The molecule has 0 unspecified atom stereocenters. The molecule has 2 aromatic carbocycles. The highest BCUT2D eigenvalue weighted by molar-refractivity contribution is 8.00. The van der Waals surface area contributed by atoms with E-state index in [1.807, 2.05) is 61.5 Å². The first kappa shape index (κ1) is 17.1. The third-order valence-electron chi connectivity index (χ3n) is 3.31. The SMILES string of the molecule is CC(=O)Nc1ccc(S[C@H](C)C(=O)N(C)c2ccccc2)cc1. The minimum Gasteiger partial charge on any atom is -0.326 e. The second-order valence-electron chi connectivity index (χ2n) is 5.20. The molecule has 5 heteroatoms. The van der Waals surface area contributed by atoms with Crippen LogP contribution in [0.2, 0.25) is 0 Å². The number of hydrogen-bond acceptors (Lipinski definition) is 3. The van der Waals surface area contributed by atoms with Crippen LogP contribution in [0.15, 0.2) is 59.5 Å². The number of thioether (sulfide) groups is 1. The molecule has 2 amide bonds. The Kier molecular flexibility index (Phi) is 5.82. The molecule has 2 aromatic rings. The van der Waals surface area contributed by atoms with Crippen LogP contribution in [0, 0.1) is 0 Å². The lowest BCUT2D eigenvalue weighted by Crippen LogP contribution is -2.33. The van der Waals surface area contributed by atoms with Gasteiger partial charge in [-0.3, -0.25) is 9.59 Å². The zero-order chi connectivity index (χ0) is 16.8. The molecule has 0 radical (unpaired) electrons. The first-order valence-corrected chi connectivity index (χ1v) is 8.22. The number of benzene rings is 2. The molecule has 23 heavy (non-hydrogen) atoms. The summed E-state index contributed by atoms with van der Waals surface area (Å²) in [7, 11) is 1.79. The number of nitrogens with one attached hydrogen (secondary N) is 1. The molecule has 120 valence electrons. The normalized spacial score (nSPS) is 11.6. The van der Waals surface area contributed by atoms with E-state index in [-0.39, 0.29) is 17.1 Å². The van der Waals surface area contributed by atoms with E-state index in [0.29, 0.717) is 0 Å². The third kappa shape index (κ3) is 4.86. The van der Waals surface area contributed by atoms with Gasteiger partial charge in [-0.15, -0.1) is 11.8 Å². The fourth-order valence-corrected chi connectivity index (χ4v) is 3.09. The Bertz CT molecular complexity index is 671. The highest BCUT2D eigenvalue weighted by atomic mass is 32.2. The predicted molar refractivity (Wildman–Crippen MR) is 95.9 cm³/mol. The summed E-state index contributed by atoms with van der Waals surface area (Å²) in [5, 5.41) is 2.52. The molecule has 0 aliphatic carbocycles. The Morgan fingerprint density at radius 1 is 1.04 bits per heavy atom. The van der Waals surface area contributed by atoms with Crippen molar-refractivity contribution in [3.63, 3.8) is 0 Å². The monoisotopic (exact) mass is 328 g/mol. The second-order valence-corrected chi connectivity index (χ2v) is 6.61. The quantitative estimate of drug-likeness (QED) is 0.850. The minimum atomic E-state index is -0.202. The molecule has 0 fully saturated rings. The number of carbonyl (C=O) groups is 2. The van der Waals surface area contributed by atoms with Gasteiger partial charge in [0, 0.05) is 30.2 Å². The third-order valence-corrected chi connectivity index (χ3v) is 4.41. The van der Waals surface area contributed by atoms with Gasteiger partial charge in [0.25, 0.3) is 0 Å². The summed E-state index contributed by atoms with van der Waals surface area (Å²) in [6.45, 7) is 3.37. The Hall–Kier alpha value is -2.27. The summed E-state index contributed by atoms with van der Waals surface area (Å²) >= 11 is 1.50. The van der Waals surface area contributed by atoms with Crippen LogP contribution in [0.1, 0.15) is 13.8 Å². The number of hydrogen-bond donors (Lipinski definition) is 1. The second kappa shape index (κ2) is 7.83. The van der Waals surface area contributed by atoms with Crippen molar-refractivity contribution in [2.45, 2.75) is 24.0 Å². The highest BCUT2D eigenvalue weighted by Gasteiger charge is 2.19. The van der Waals surface area contributed by atoms with E-state index in [2.05, 4.69) is 5.32 Å². The first-order chi connectivity index (χ1) is 11.0. The van der Waals surface area contributed by atoms with Crippen molar-refractivity contribution in [1.82, 2.24) is 0 Å². The maximum absolute atomic E-state index is 12.5. The summed E-state index contributed by atoms with van der Waals surface area (Å²) < 4.78 is 0. The average Bonchev–Trinajstić information content (AvgIpc) is 2.55. The fraction of sp³-hybridized carbons (Fsp3) is 0.222. The van der Waals surface area contributed by atoms with E-state index in [4.69, 9.17) is 0 Å². The summed E-state index contributed by atoms with van der Waals surface area (Å²) in [6, 6.07) is 17.1. The van der Waals surface area contributed by atoms with Crippen LogP contribution < -0.4 is 10.2 Å². The summed E-state index contributed by atoms with van der Waals surface area (Å²) in [4.78, 5) is 26.2. The molecule has 1 atom stereocenters. The maximum atomic E-state index is 12.5. The lowest BCUT2D eigenvalue weighted by atomic mass is 10.3. The van der Waals surface area contributed by atoms with Gasteiger partial charge < -0.3 is 10.2 Å². The number of anilines is 2. The fourth-order valence-electron chi connectivity index (χ4n) is 2.13. The molecule has 0 spiro atoms. The van der Waals surface area contributed by atoms with Crippen molar-refractivity contribution in [2.24, 2.45) is 0 Å². The number of nitrogens with zero attached hydrogens (tertiary/aromatic N) is 1. The predicted octanol–water partition coefficient (Wildman–Crippen LogP) is 3.79. The van der Waals surface area contributed by atoms with Gasteiger partial charge in [-0.05, 0) is 43.3 Å². The number of rotatable bonds is 5. The van der Waals surface area contributed by atoms with Gasteiger partial charge in [-0.2, -0.15) is 0 Å². The van der Waals surface area contributed by atoms with Crippen molar-refractivity contribution in [1.29, 1.82) is 0 Å². The molecule has 0 heterocycles. The van der Waals surface area contributed by atoms with Crippen LogP contribution in [-0.2, 0) is 9.59 Å². The van der Waals surface area contributed by atoms with Gasteiger partial charge >= 0.3 is 0 Å². The summed E-state index contributed by atoms with van der Waals surface area (Å²) in [5.74, 6) is -0.0504. The molecule has 0 aliphatic rings. The van der Waals surface area contributed by atoms with Gasteiger partial charge in [-0.1, -0.05) is 18.2 Å². The topological polar surface area (TPSA) is 49.4 Å². The van der Waals surface area contributed by atoms with Crippen LogP contribution in [0.5, 0.6) is 0 Å². The van der Waals surface area contributed by atoms with Gasteiger partial charge in [0.15, 0.2) is 0 Å². The number of amides is 2. The van der Waals surface area contributed by atoms with Gasteiger partial charge in [0.05, 0.1) is 5.25 Å². The van der Waals surface area contributed by atoms with Crippen molar-refractivity contribution >= 4 is 35.0 Å². The van der Waals surface area contributed by atoms with Crippen LogP contribution >= 0.6 is 11.8 Å². The Morgan fingerprint density at radius 2 is 1.65 bits per heavy atom. The van der Waals surface area contributed by atoms with Crippen molar-refractivity contribution in [3.8, 4) is 0 Å². The van der Waals surface area contributed by atoms with Gasteiger partial charge in [-0.25, -0.2) is 0 Å². The summed E-state index contributed by atoms with van der Waals surface area (Å²) in [6.07, 6.45) is 0. The van der Waals surface area contributed by atoms with Crippen LogP contribution in [-0.4, -0.2) is 24.1 Å². The number of para-hydroxylation sites is 1. The van der Waals surface area contributed by atoms with Crippen LogP contribution in [0.25, 0.3) is 0 Å². The molecule has 0 saturated carbocycles. The lowest BCUT2D eigenvalue weighted by molar-refractivity contribution is -0.117. The zero-order valence-corrected chi connectivity index (χ0v) is 14.3. The molecule has 0 saturated heterocycles. The minimum absolute atomic E-state index is 0.0483. The van der Waals surface area contributed by atoms with E-state index >= 15 is 0 Å². The smallest absolute Gasteiger partial charge is 0.239 e. The van der Waals surface area contributed by atoms with Gasteiger partial charge in [0.1, 0.15) is 0 Å². The van der Waals surface area contributed by atoms with E-state index < -0.39 is 0 Å². The largest absolute Gasteiger partial charge is 0.326 e. The van der Waals surface area contributed by atoms with E-state index in [1.54, 1.807) is 11.9 Å². The van der Waals surface area contributed by atoms with Crippen LogP contribution in [0.3, 0.4) is 0 Å². The molecule has 0 aliphatic heterocycles. The molecule has 0 bridgehead atoms. The Balaban J connectivity index is 1.99. The highest BCUT2D eigenvalue weighted by Crippen LogP contribution is 2.26. The van der Waals surface area contributed by atoms with Crippen LogP contribution in [0.4, 0.5) is 11.4 Å². The van der Waals surface area contributed by atoms with Crippen molar-refractivity contribution < 1.29 is 9.59 Å². The van der Waals surface area contributed by atoms with Crippen molar-refractivity contribution in [2.75, 3.05) is 17.3 Å². The molecule has 1 N–H and O–H groups in total.